The molecule has 0 saturated heterocycles. The number of benzene rings is 1. The smallest absolute Gasteiger partial charge is 0.435 e. The van der Waals surface area contributed by atoms with Gasteiger partial charge in [0.25, 0.3) is 5.91 Å². The molecule has 11 heteroatoms. The number of nitrogens with zero attached hydrogens (tertiary/aromatic N) is 3. The fraction of sp³-hybridized carbons (Fsp3) is 0.154. The Hall–Kier alpha value is -3.24. The Balaban J connectivity index is 1.96. The number of phenolic OH excluding ortho intramolecular Hbond substituents is 3. The van der Waals surface area contributed by atoms with Gasteiger partial charge in [-0.05, 0) is 18.2 Å². The number of hydrogen-bond donors (Lipinski definition) is 4. The van der Waals surface area contributed by atoms with E-state index in [1.807, 2.05) is 5.43 Å². The van der Waals surface area contributed by atoms with Crippen molar-refractivity contribution in [2.24, 2.45) is 5.10 Å². The third-order valence-corrected chi connectivity index (χ3v) is 2.79. The Morgan fingerprint density at radius 2 is 1.96 bits per heavy atom. The van der Waals surface area contributed by atoms with Crippen LogP contribution in [0.25, 0.3) is 0 Å². The molecular formula is C13H11F3N4O4. The molecule has 0 radical (unpaired) electrons. The number of hydrazone groups is 1. The molecule has 1 heterocycles. The van der Waals surface area contributed by atoms with Crippen LogP contribution in [0.2, 0.25) is 0 Å². The third kappa shape index (κ3) is 3.94. The highest BCUT2D eigenvalue weighted by molar-refractivity contribution is 5.86. The Labute approximate surface area is 132 Å². The van der Waals surface area contributed by atoms with Gasteiger partial charge in [0, 0.05) is 11.8 Å². The molecule has 2 aromatic rings. The van der Waals surface area contributed by atoms with Gasteiger partial charge in [-0.25, -0.2) is 5.43 Å². The van der Waals surface area contributed by atoms with Crippen LogP contribution in [0.4, 0.5) is 13.2 Å². The predicted molar refractivity (Wildman–Crippen MR) is 74.4 cm³/mol. The van der Waals surface area contributed by atoms with Gasteiger partial charge in [-0.15, -0.1) is 0 Å². The van der Waals surface area contributed by atoms with Gasteiger partial charge in [0.05, 0.1) is 6.21 Å². The zero-order valence-corrected chi connectivity index (χ0v) is 11.8. The SMILES string of the molecule is O=C(Cn1ccc(C(F)(F)F)n1)N/N=C/c1ccc(O)c(O)c1O. The summed E-state index contributed by atoms with van der Waals surface area (Å²) in [4.78, 5) is 11.5. The average molecular weight is 344 g/mol. The van der Waals surface area contributed by atoms with Crippen molar-refractivity contribution in [1.82, 2.24) is 15.2 Å². The summed E-state index contributed by atoms with van der Waals surface area (Å²) in [7, 11) is 0. The van der Waals surface area contributed by atoms with Crippen LogP contribution in [0.15, 0.2) is 29.5 Å². The highest BCUT2D eigenvalue weighted by Gasteiger charge is 2.33. The second-order valence-corrected chi connectivity index (χ2v) is 4.56. The van der Waals surface area contributed by atoms with Crippen molar-refractivity contribution in [1.29, 1.82) is 0 Å². The summed E-state index contributed by atoms with van der Waals surface area (Å²) in [5.41, 5.74) is 0.904. The van der Waals surface area contributed by atoms with E-state index >= 15 is 0 Å². The number of hydrogen-bond acceptors (Lipinski definition) is 6. The third-order valence-electron chi connectivity index (χ3n) is 2.79. The van der Waals surface area contributed by atoms with Crippen LogP contribution in [0.5, 0.6) is 17.2 Å². The van der Waals surface area contributed by atoms with Gasteiger partial charge in [0.15, 0.2) is 17.2 Å². The molecule has 1 amide bonds. The van der Waals surface area contributed by atoms with E-state index in [0.717, 1.165) is 29.2 Å². The Bertz CT molecular complexity index is 786. The summed E-state index contributed by atoms with van der Waals surface area (Å²) < 4.78 is 37.9. The minimum absolute atomic E-state index is 0.00375. The van der Waals surface area contributed by atoms with Crippen LogP contribution in [-0.4, -0.2) is 37.2 Å². The quantitative estimate of drug-likeness (QED) is 0.377. The molecule has 2 rings (SSSR count). The summed E-state index contributed by atoms with van der Waals surface area (Å²) >= 11 is 0. The van der Waals surface area contributed by atoms with E-state index in [1.54, 1.807) is 0 Å². The van der Waals surface area contributed by atoms with Crippen molar-refractivity contribution < 1.29 is 33.3 Å². The van der Waals surface area contributed by atoms with E-state index < -0.39 is 41.6 Å². The molecular weight excluding hydrogens is 333 g/mol. The van der Waals surface area contributed by atoms with Crippen molar-refractivity contribution in [3.05, 3.63) is 35.7 Å². The van der Waals surface area contributed by atoms with Crippen LogP contribution < -0.4 is 5.43 Å². The lowest BCUT2D eigenvalue weighted by molar-refractivity contribution is -0.141. The van der Waals surface area contributed by atoms with Gasteiger partial charge in [0.2, 0.25) is 5.75 Å². The molecule has 8 nitrogen and oxygen atoms in total. The summed E-state index contributed by atoms with van der Waals surface area (Å²) in [6.45, 7) is -0.500. The Morgan fingerprint density at radius 3 is 2.58 bits per heavy atom. The molecule has 1 aromatic heterocycles. The van der Waals surface area contributed by atoms with E-state index in [-0.39, 0.29) is 5.56 Å². The number of rotatable bonds is 4. The van der Waals surface area contributed by atoms with Crippen molar-refractivity contribution in [2.75, 3.05) is 0 Å². The molecule has 0 atom stereocenters. The second kappa shape index (κ2) is 6.48. The van der Waals surface area contributed by atoms with Crippen LogP contribution in [-0.2, 0) is 17.5 Å². The van der Waals surface area contributed by atoms with E-state index in [4.69, 9.17) is 5.11 Å². The molecule has 128 valence electrons. The summed E-state index contributed by atoms with van der Waals surface area (Å²) in [5.74, 6) is -2.69. The molecule has 0 aliphatic rings. The molecule has 0 spiro atoms. The van der Waals surface area contributed by atoms with E-state index in [0.29, 0.717) is 0 Å². The number of halogens is 3. The molecule has 0 saturated carbocycles. The average Bonchev–Trinajstić information content (AvgIpc) is 2.96. The highest BCUT2D eigenvalue weighted by atomic mass is 19.4. The monoisotopic (exact) mass is 344 g/mol. The normalized spacial score (nSPS) is 11.8. The first kappa shape index (κ1) is 17.1. The van der Waals surface area contributed by atoms with Crippen molar-refractivity contribution >= 4 is 12.1 Å². The topological polar surface area (TPSA) is 120 Å². The number of alkyl halides is 3. The summed E-state index contributed by atoms with van der Waals surface area (Å²) in [6, 6.07) is 3.05. The fourth-order valence-corrected chi connectivity index (χ4v) is 1.65. The lowest BCUT2D eigenvalue weighted by Gasteiger charge is -2.04. The number of phenols is 3. The number of carbonyl (C=O) groups is 1. The second-order valence-electron chi connectivity index (χ2n) is 4.56. The fourth-order valence-electron chi connectivity index (χ4n) is 1.65. The molecule has 1 aromatic carbocycles. The minimum Gasteiger partial charge on any atom is -0.504 e. The summed E-state index contributed by atoms with van der Waals surface area (Å²) in [6.07, 6.45) is -2.62. The number of aromatic nitrogens is 2. The molecule has 0 bridgehead atoms. The molecule has 4 N–H and O–H groups in total. The Morgan fingerprint density at radius 1 is 1.25 bits per heavy atom. The maximum atomic E-state index is 12.4. The van der Waals surface area contributed by atoms with Gasteiger partial charge in [-0.3, -0.25) is 9.48 Å². The van der Waals surface area contributed by atoms with Crippen molar-refractivity contribution in [2.45, 2.75) is 12.7 Å². The van der Waals surface area contributed by atoms with Gasteiger partial charge >= 0.3 is 6.18 Å². The number of aromatic hydroxyl groups is 3. The lowest BCUT2D eigenvalue weighted by atomic mass is 10.2. The molecule has 0 aliphatic carbocycles. The number of carbonyl (C=O) groups excluding carboxylic acids is 1. The van der Waals surface area contributed by atoms with Crippen LogP contribution >= 0.6 is 0 Å². The first-order valence-corrected chi connectivity index (χ1v) is 6.35. The highest BCUT2D eigenvalue weighted by Crippen LogP contribution is 2.36. The lowest BCUT2D eigenvalue weighted by Crippen LogP contribution is -2.23. The molecule has 0 fully saturated rings. The van der Waals surface area contributed by atoms with Crippen LogP contribution in [0.3, 0.4) is 0 Å². The zero-order chi connectivity index (χ0) is 17.9. The first-order chi connectivity index (χ1) is 11.2. The van der Waals surface area contributed by atoms with E-state index in [2.05, 4.69) is 10.2 Å². The maximum absolute atomic E-state index is 12.4. The first-order valence-electron chi connectivity index (χ1n) is 6.35. The van der Waals surface area contributed by atoms with E-state index in [1.165, 1.54) is 6.07 Å². The van der Waals surface area contributed by atoms with Crippen molar-refractivity contribution in [3.63, 3.8) is 0 Å². The predicted octanol–water partition coefficient (Wildman–Crippen LogP) is 1.17. The van der Waals surface area contributed by atoms with Gasteiger partial charge in [-0.2, -0.15) is 23.4 Å². The van der Waals surface area contributed by atoms with Gasteiger partial charge < -0.3 is 15.3 Å². The zero-order valence-electron chi connectivity index (χ0n) is 11.8. The number of amides is 1. The maximum Gasteiger partial charge on any atom is 0.435 e. The Kier molecular flexibility index (Phi) is 4.62. The van der Waals surface area contributed by atoms with E-state index in [9.17, 15) is 28.2 Å². The summed E-state index contributed by atoms with van der Waals surface area (Å²) in [5, 5.41) is 34.7. The molecule has 0 aliphatic heterocycles. The van der Waals surface area contributed by atoms with Gasteiger partial charge in [-0.1, -0.05) is 0 Å². The van der Waals surface area contributed by atoms with Crippen LogP contribution in [0.1, 0.15) is 11.3 Å². The van der Waals surface area contributed by atoms with Crippen LogP contribution in [0, 0.1) is 0 Å². The van der Waals surface area contributed by atoms with Crippen molar-refractivity contribution in [3.8, 4) is 17.2 Å². The number of nitrogens with one attached hydrogen (secondary N) is 1. The molecule has 24 heavy (non-hydrogen) atoms. The largest absolute Gasteiger partial charge is 0.504 e. The molecule has 0 unspecified atom stereocenters. The minimum atomic E-state index is -4.60. The van der Waals surface area contributed by atoms with Gasteiger partial charge in [0.1, 0.15) is 6.54 Å². The standard InChI is InChI=1S/C13H11F3N4O4/c14-13(15,16)9-3-4-20(19-9)6-10(22)18-17-5-7-1-2-8(21)12(24)11(7)23/h1-5,21,23-24H,6H2,(H,18,22)/b17-5+.